The average Bonchev–Trinajstić information content (AvgIpc) is 2.16. The van der Waals surface area contributed by atoms with Crippen LogP contribution in [-0.2, 0) is 0 Å². The predicted molar refractivity (Wildman–Crippen MR) is 55.3 cm³/mol. The highest BCUT2D eigenvalue weighted by Crippen LogP contribution is 2.28. The third-order valence-electron chi connectivity index (χ3n) is 2.28. The van der Waals surface area contributed by atoms with Crippen LogP contribution in [-0.4, -0.2) is 15.3 Å². The third kappa shape index (κ3) is 1.41. The van der Waals surface area contributed by atoms with E-state index in [4.69, 9.17) is 0 Å². The van der Waals surface area contributed by atoms with Gasteiger partial charge in [0, 0.05) is 5.39 Å². The Morgan fingerprint density at radius 3 is 2.79 bits per heavy atom. The average molecular weight is 188 g/mol. The minimum Gasteiger partial charge on any atom is -0.508 e. The van der Waals surface area contributed by atoms with Crippen LogP contribution in [0.1, 0.15) is 25.3 Å². The lowest BCUT2D eigenvalue weighted by Gasteiger charge is -2.08. The van der Waals surface area contributed by atoms with E-state index in [1.807, 2.05) is 26.0 Å². The Balaban J connectivity index is 2.71. The van der Waals surface area contributed by atoms with Gasteiger partial charge in [-0.1, -0.05) is 13.8 Å². The maximum Gasteiger partial charge on any atom is 0.119 e. The van der Waals surface area contributed by atoms with Crippen molar-refractivity contribution in [2.45, 2.75) is 19.8 Å². The van der Waals surface area contributed by atoms with E-state index in [0.29, 0.717) is 11.7 Å². The molecular formula is C11H12N2O. The summed E-state index contributed by atoms with van der Waals surface area (Å²) in [6, 6.07) is 5.47. The van der Waals surface area contributed by atoms with Crippen LogP contribution in [0.2, 0.25) is 0 Å². The molecule has 0 saturated carbocycles. The van der Waals surface area contributed by atoms with Gasteiger partial charge in [-0.15, -0.1) is 0 Å². The molecule has 0 aliphatic carbocycles. The lowest BCUT2D eigenvalue weighted by molar-refractivity contribution is 0.466. The van der Waals surface area contributed by atoms with Gasteiger partial charge >= 0.3 is 0 Å². The molecule has 2 aromatic rings. The summed E-state index contributed by atoms with van der Waals surface area (Å²) < 4.78 is 0. The summed E-state index contributed by atoms with van der Waals surface area (Å²) >= 11 is 0. The third-order valence-corrected chi connectivity index (χ3v) is 2.28. The molecule has 2 rings (SSSR count). The van der Waals surface area contributed by atoms with E-state index in [1.54, 1.807) is 12.3 Å². The molecule has 0 saturated heterocycles. The second kappa shape index (κ2) is 3.25. The van der Waals surface area contributed by atoms with Crippen molar-refractivity contribution >= 4 is 10.9 Å². The lowest BCUT2D eigenvalue weighted by Crippen LogP contribution is -1.90. The molecule has 1 N–H and O–H groups in total. The summed E-state index contributed by atoms with van der Waals surface area (Å²) in [4.78, 5) is 0. The Morgan fingerprint density at radius 2 is 2.07 bits per heavy atom. The summed E-state index contributed by atoms with van der Waals surface area (Å²) in [6.45, 7) is 4.08. The fourth-order valence-electron chi connectivity index (χ4n) is 1.50. The van der Waals surface area contributed by atoms with Crippen molar-refractivity contribution in [2.75, 3.05) is 0 Å². The zero-order chi connectivity index (χ0) is 10.1. The number of hydrogen-bond acceptors (Lipinski definition) is 3. The number of benzene rings is 1. The molecule has 0 unspecified atom stereocenters. The van der Waals surface area contributed by atoms with Crippen LogP contribution in [0.4, 0.5) is 0 Å². The zero-order valence-electron chi connectivity index (χ0n) is 8.23. The molecule has 0 fully saturated rings. The number of nitrogens with zero attached hydrogens (tertiary/aromatic N) is 2. The Labute approximate surface area is 82.4 Å². The van der Waals surface area contributed by atoms with E-state index in [9.17, 15) is 5.11 Å². The molecule has 0 aliphatic rings. The van der Waals surface area contributed by atoms with Crippen LogP contribution >= 0.6 is 0 Å². The fraction of sp³-hybridized carbons (Fsp3) is 0.273. The zero-order valence-corrected chi connectivity index (χ0v) is 8.23. The molecule has 3 heteroatoms. The van der Waals surface area contributed by atoms with Gasteiger partial charge in [0.25, 0.3) is 0 Å². The molecule has 0 bridgehead atoms. The monoisotopic (exact) mass is 188 g/mol. The maximum atomic E-state index is 9.73. The summed E-state index contributed by atoms with van der Waals surface area (Å²) in [5, 5.41) is 18.5. The second-order valence-corrected chi connectivity index (χ2v) is 3.66. The van der Waals surface area contributed by atoms with Crippen LogP contribution in [0.15, 0.2) is 24.4 Å². The first-order chi connectivity index (χ1) is 6.68. The number of rotatable bonds is 1. The van der Waals surface area contributed by atoms with Gasteiger partial charge in [-0.3, -0.25) is 0 Å². The van der Waals surface area contributed by atoms with E-state index in [0.717, 1.165) is 16.5 Å². The molecular weight excluding hydrogens is 176 g/mol. The highest BCUT2D eigenvalue weighted by molar-refractivity contribution is 5.80. The van der Waals surface area contributed by atoms with Gasteiger partial charge in [0.2, 0.25) is 0 Å². The van der Waals surface area contributed by atoms with Crippen LogP contribution in [0, 0.1) is 0 Å². The Kier molecular flexibility index (Phi) is 2.08. The van der Waals surface area contributed by atoms with Crippen LogP contribution < -0.4 is 0 Å². The fourth-order valence-corrected chi connectivity index (χ4v) is 1.50. The van der Waals surface area contributed by atoms with E-state index in [-0.39, 0.29) is 0 Å². The Bertz CT molecular complexity index is 466. The quantitative estimate of drug-likeness (QED) is 0.747. The highest BCUT2D eigenvalue weighted by atomic mass is 16.3. The number of fused-ring (bicyclic) bond motifs is 1. The first-order valence-electron chi connectivity index (χ1n) is 4.63. The minimum absolute atomic E-state index is 0.293. The summed E-state index contributed by atoms with van der Waals surface area (Å²) in [5.74, 6) is 0.627. The second-order valence-electron chi connectivity index (χ2n) is 3.66. The van der Waals surface area contributed by atoms with Gasteiger partial charge < -0.3 is 5.11 Å². The van der Waals surface area contributed by atoms with Crippen molar-refractivity contribution in [3.63, 3.8) is 0 Å². The number of phenols is 1. The molecule has 0 amide bonds. The standard InChI is InChI=1S/C11H12N2O/c1-7(2)9-6-10-8(5-11(9)14)3-4-12-13-10/h3-7,14H,1-2H3. The molecule has 14 heavy (non-hydrogen) atoms. The van der Waals surface area contributed by atoms with Crippen molar-refractivity contribution in [1.29, 1.82) is 0 Å². The van der Waals surface area contributed by atoms with Gasteiger partial charge in [-0.2, -0.15) is 10.2 Å². The summed E-state index contributed by atoms with van der Waals surface area (Å²) in [6.07, 6.45) is 1.62. The first-order valence-corrected chi connectivity index (χ1v) is 4.63. The Hall–Kier alpha value is -1.64. The van der Waals surface area contributed by atoms with Crippen molar-refractivity contribution < 1.29 is 5.11 Å². The lowest BCUT2D eigenvalue weighted by atomic mass is 10.0. The molecule has 1 aromatic carbocycles. The molecule has 0 radical (unpaired) electrons. The van der Waals surface area contributed by atoms with Crippen molar-refractivity contribution in [1.82, 2.24) is 10.2 Å². The summed E-state index contributed by atoms with van der Waals surface area (Å²) in [7, 11) is 0. The van der Waals surface area contributed by atoms with Gasteiger partial charge in [-0.05, 0) is 29.7 Å². The molecule has 0 aliphatic heterocycles. The molecule has 3 nitrogen and oxygen atoms in total. The highest BCUT2D eigenvalue weighted by Gasteiger charge is 2.07. The van der Waals surface area contributed by atoms with E-state index in [1.165, 1.54) is 0 Å². The first kappa shape index (κ1) is 8.94. The number of aromatic nitrogens is 2. The largest absolute Gasteiger partial charge is 0.508 e. The molecule has 72 valence electrons. The number of phenolic OH excluding ortho intramolecular Hbond substituents is 1. The molecule has 0 atom stereocenters. The SMILES string of the molecule is CC(C)c1cc2nnccc2cc1O. The van der Waals surface area contributed by atoms with E-state index in [2.05, 4.69) is 10.2 Å². The minimum atomic E-state index is 0.293. The van der Waals surface area contributed by atoms with E-state index >= 15 is 0 Å². The van der Waals surface area contributed by atoms with Crippen LogP contribution in [0.5, 0.6) is 5.75 Å². The topological polar surface area (TPSA) is 46.0 Å². The van der Waals surface area contributed by atoms with E-state index < -0.39 is 0 Å². The van der Waals surface area contributed by atoms with Crippen molar-refractivity contribution in [3.05, 3.63) is 30.0 Å². The number of aromatic hydroxyl groups is 1. The van der Waals surface area contributed by atoms with Crippen molar-refractivity contribution in [2.24, 2.45) is 0 Å². The molecule has 1 aromatic heterocycles. The van der Waals surface area contributed by atoms with Gasteiger partial charge in [0.1, 0.15) is 5.75 Å². The maximum absolute atomic E-state index is 9.73. The van der Waals surface area contributed by atoms with Gasteiger partial charge in [0.15, 0.2) is 0 Å². The molecule has 0 spiro atoms. The van der Waals surface area contributed by atoms with Crippen LogP contribution in [0.3, 0.4) is 0 Å². The van der Waals surface area contributed by atoms with Gasteiger partial charge in [0.05, 0.1) is 11.7 Å². The number of hydrogen-bond donors (Lipinski definition) is 1. The smallest absolute Gasteiger partial charge is 0.119 e. The molecule has 1 heterocycles. The van der Waals surface area contributed by atoms with Gasteiger partial charge in [-0.25, -0.2) is 0 Å². The summed E-state index contributed by atoms with van der Waals surface area (Å²) in [5.41, 5.74) is 1.74. The Morgan fingerprint density at radius 1 is 1.29 bits per heavy atom. The van der Waals surface area contributed by atoms with Crippen LogP contribution in [0.25, 0.3) is 10.9 Å². The normalized spacial score (nSPS) is 11.1. The predicted octanol–water partition coefficient (Wildman–Crippen LogP) is 2.46. The van der Waals surface area contributed by atoms with Crippen molar-refractivity contribution in [3.8, 4) is 5.75 Å².